The van der Waals surface area contributed by atoms with Gasteiger partial charge in [0.05, 0.1) is 35.2 Å². The molecule has 0 unspecified atom stereocenters. The lowest BCUT2D eigenvalue weighted by atomic mass is 10.0. The van der Waals surface area contributed by atoms with Crippen molar-refractivity contribution in [3.05, 3.63) is 88.9 Å². The highest BCUT2D eigenvalue weighted by molar-refractivity contribution is 6.22. The maximum atomic E-state index is 12.7. The third-order valence-corrected chi connectivity index (χ3v) is 4.53. The molecular weight excluding hydrogens is 376 g/mol. The number of carboxylic acids is 1. The molecule has 3 amide bonds. The van der Waals surface area contributed by atoms with Gasteiger partial charge >= 0.3 is 5.97 Å². The van der Waals surface area contributed by atoms with E-state index in [2.05, 4.69) is 5.32 Å². The fraction of sp³-hybridized carbons (Fsp3) is 0.0476. The predicted octanol–water partition coefficient (Wildman–Crippen LogP) is 3.03. The third-order valence-electron chi connectivity index (χ3n) is 4.53. The third kappa shape index (κ3) is 3.27. The van der Waals surface area contributed by atoms with E-state index in [0.717, 1.165) is 4.90 Å². The smallest absolute Gasteiger partial charge is 0.337 e. The van der Waals surface area contributed by atoms with Gasteiger partial charge in [-0.15, -0.1) is 0 Å². The number of nitrogens with zero attached hydrogens (tertiary/aromatic N) is 1. The number of benzene rings is 2. The van der Waals surface area contributed by atoms with E-state index in [1.165, 1.54) is 36.6 Å². The fourth-order valence-electron chi connectivity index (χ4n) is 3.11. The van der Waals surface area contributed by atoms with Crippen LogP contribution in [-0.2, 0) is 6.54 Å². The summed E-state index contributed by atoms with van der Waals surface area (Å²) in [5.41, 5.74) is 0.514. The van der Waals surface area contributed by atoms with Crippen molar-refractivity contribution in [2.45, 2.75) is 6.54 Å². The van der Waals surface area contributed by atoms with Crippen LogP contribution in [0.1, 0.15) is 47.2 Å². The van der Waals surface area contributed by atoms with Crippen LogP contribution in [0.25, 0.3) is 0 Å². The van der Waals surface area contributed by atoms with E-state index in [9.17, 15) is 24.3 Å². The second kappa shape index (κ2) is 7.08. The molecule has 0 saturated heterocycles. The van der Waals surface area contributed by atoms with Crippen LogP contribution in [0.5, 0.6) is 0 Å². The number of aromatic carboxylic acids is 1. The van der Waals surface area contributed by atoms with Crippen LogP contribution in [-0.4, -0.2) is 33.7 Å². The summed E-state index contributed by atoms with van der Waals surface area (Å²) in [6, 6.07) is 13.5. The Kier molecular flexibility index (Phi) is 4.44. The van der Waals surface area contributed by atoms with E-state index < -0.39 is 23.7 Å². The number of hydrogen-bond acceptors (Lipinski definition) is 5. The number of carboxylic acid groups (broad SMARTS) is 1. The second-order valence-electron chi connectivity index (χ2n) is 6.34. The van der Waals surface area contributed by atoms with Gasteiger partial charge in [0, 0.05) is 5.56 Å². The number of amides is 3. The maximum absolute atomic E-state index is 12.7. The largest absolute Gasteiger partial charge is 0.478 e. The summed E-state index contributed by atoms with van der Waals surface area (Å²) in [5, 5.41) is 11.8. The van der Waals surface area contributed by atoms with Gasteiger partial charge in [-0.3, -0.25) is 19.3 Å². The van der Waals surface area contributed by atoms with Crippen molar-refractivity contribution in [3.63, 3.8) is 0 Å². The molecular formula is C21H14N2O6. The Hall–Kier alpha value is -4.20. The Balaban J connectivity index is 1.59. The summed E-state index contributed by atoms with van der Waals surface area (Å²) >= 11 is 0. The Labute approximate surface area is 164 Å². The highest BCUT2D eigenvalue weighted by Crippen LogP contribution is 2.26. The maximum Gasteiger partial charge on any atom is 0.337 e. The molecule has 2 N–H and O–H groups in total. The van der Waals surface area contributed by atoms with Crippen LogP contribution in [0.2, 0.25) is 0 Å². The Morgan fingerprint density at radius 1 is 0.966 bits per heavy atom. The SMILES string of the molecule is O=C(Nc1ccccc1C(=O)O)c1ccc2c(c1)C(=O)N(Cc1ccco1)C2=O. The average molecular weight is 390 g/mol. The minimum atomic E-state index is -1.18. The number of imide groups is 1. The number of carbonyl (C=O) groups is 4. The molecule has 4 rings (SSSR count). The summed E-state index contributed by atoms with van der Waals surface area (Å²) in [6.45, 7) is -0.00708. The number of hydrogen-bond donors (Lipinski definition) is 2. The number of nitrogens with one attached hydrogen (secondary N) is 1. The van der Waals surface area contributed by atoms with Gasteiger partial charge in [-0.05, 0) is 42.5 Å². The van der Waals surface area contributed by atoms with Gasteiger partial charge in [0.2, 0.25) is 0 Å². The van der Waals surface area contributed by atoms with Crippen molar-refractivity contribution in [1.82, 2.24) is 4.90 Å². The van der Waals surface area contributed by atoms with Gasteiger partial charge in [-0.1, -0.05) is 12.1 Å². The average Bonchev–Trinajstić information content (AvgIpc) is 3.31. The molecule has 0 radical (unpaired) electrons. The topological polar surface area (TPSA) is 117 Å². The molecule has 8 heteroatoms. The zero-order valence-corrected chi connectivity index (χ0v) is 14.9. The van der Waals surface area contributed by atoms with Gasteiger partial charge < -0.3 is 14.8 Å². The first-order valence-electron chi connectivity index (χ1n) is 8.62. The lowest BCUT2D eigenvalue weighted by Gasteiger charge is -2.11. The molecule has 1 aromatic heterocycles. The van der Waals surface area contributed by atoms with Crippen LogP contribution in [0.15, 0.2) is 65.3 Å². The molecule has 8 nitrogen and oxygen atoms in total. The molecule has 0 fully saturated rings. The molecule has 2 aromatic carbocycles. The summed E-state index contributed by atoms with van der Waals surface area (Å²) in [6.07, 6.45) is 1.45. The second-order valence-corrected chi connectivity index (χ2v) is 6.34. The van der Waals surface area contributed by atoms with E-state index in [1.807, 2.05) is 0 Å². The van der Waals surface area contributed by atoms with E-state index in [0.29, 0.717) is 5.76 Å². The summed E-state index contributed by atoms with van der Waals surface area (Å²) in [5.74, 6) is -2.30. The van der Waals surface area contributed by atoms with Gasteiger partial charge in [0.1, 0.15) is 5.76 Å². The van der Waals surface area contributed by atoms with E-state index in [4.69, 9.17) is 4.42 Å². The zero-order valence-electron chi connectivity index (χ0n) is 14.9. The van der Waals surface area contributed by atoms with Gasteiger partial charge in [0.15, 0.2) is 0 Å². The minimum Gasteiger partial charge on any atom is -0.478 e. The van der Waals surface area contributed by atoms with Gasteiger partial charge in [0.25, 0.3) is 17.7 Å². The lowest BCUT2D eigenvalue weighted by molar-refractivity contribution is 0.0629. The first-order valence-corrected chi connectivity index (χ1v) is 8.62. The highest BCUT2D eigenvalue weighted by atomic mass is 16.4. The monoisotopic (exact) mass is 390 g/mol. The molecule has 2 heterocycles. The molecule has 1 aliphatic rings. The van der Waals surface area contributed by atoms with Crippen molar-refractivity contribution in [2.24, 2.45) is 0 Å². The van der Waals surface area contributed by atoms with Crippen molar-refractivity contribution < 1.29 is 28.7 Å². The molecule has 0 spiro atoms. The minimum absolute atomic E-state index is 0.00708. The van der Waals surface area contributed by atoms with Gasteiger partial charge in [-0.25, -0.2) is 4.79 Å². The standard InChI is InChI=1S/C21H14N2O6/c24-18(22-17-6-2-1-5-15(17)21(27)28)12-7-8-14-16(10-12)20(26)23(19(14)25)11-13-4-3-9-29-13/h1-10H,11H2,(H,22,24)(H,27,28). The molecule has 0 aliphatic carbocycles. The first kappa shape index (κ1) is 18.2. The number of furan rings is 1. The van der Waals surface area contributed by atoms with Crippen molar-refractivity contribution >= 4 is 29.4 Å². The zero-order chi connectivity index (χ0) is 20.5. The van der Waals surface area contributed by atoms with Gasteiger partial charge in [-0.2, -0.15) is 0 Å². The number of anilines is 1. The predicted molar refractivity (Wildman–Crippen MR) is 101 cm³/mol. The number of carbonyl (C=O) groups excluding carboxylic acids is 3. The fourth-order valence-corrected chi connectivity index (χ4v) is 3.11. The summed E-state index contributed by atoms with van der Waals surface area (Å²) < 4.78 is 5.19. The Morgan fingerprint density at radius 2 is 1.72 bits per heavy atom. The molecule has 144 valence electrons. The van der Waals surface area contributed by atoms with E-state index >= 15 is 0 Å². The molecule has 0 saturated carbocycles. The van der Waals surface area contributed by atoms with Crippen LogP contribution < -0.4 is 5.32 Å². The van der Waals surface area contributed by atoms with E-state index in [1.54, 1.807) is 24.3 Å². The number of para-hydroxylation sites is 1. The summed E-state index contributed by atoms with van der Waals surface area (Å²) in [7, 11) is 0. The quantitative estimate of drug-likeness (QED) is 0.647. The van der Waals surface area contributed by atoms with Crippen LogP contribution in [0.3, 0.4) is 0 Å². The van der Waals surface area contributed by atoms with Crippen LogP contribution in [0.4, 0.5) is 5.69 Å². The number of rotatable bonds is 5. The van der Waals surface area contributed by atoms with Crippen molar-refractivity contribution in [3.8, 4) is 0 Å². The van der Waals surface area contributed by atoms with Crippen molar-refractivity contribution in [2.75, 3.05) is 5.32 Å². The van der Waals surface area contributed by atoms with E-state index in [-0.39, 0.29) is 34.5 Å². The van der Waals surface area contributed by atoms with Crippen LogP contribution in [0, 0.1) is 0 Å². The Morgan fingerprint density at radius 3 is 2.45 bits per heavy atom. The molecule has 0 atom stereocenters. The molecule has 29 heavy (non-hydrogen) atoms. The van der Waals surface area contributed by atoms with Crippen LogP contribution >= 0.6 is 0 Å². The molecule has 1 aliphatic heterocycles. The summed E-state index contributed by atoms with van der Waals surface area (Å²) in [4.78, 5) is 50.1. The van der Waals surface area contributed by atoms with Crippen molar-refractivity contribution in [1.29, 1.82) is 0 Å². The Bertz CT molecular complexity index is 1150. The molecule has 0 bridgehead atoms. The number of fused-ring (bicyclic) bond motifs is 1. The lowest BCUT2D eigenvalue weighted by Crippen LogP contribution is -2.28. The first-order chi connectivity index (χ1) is 14.0. The molecule has 3 aromatic rings. The normalized spacial score (nSPS) is 12.8. The highest BCUT2D eigenvalue weighted by Gasteiger charge is 2.36.